The van der Waals surface area contributed by atoms with Crippen LogP contribution in [-0.2, 0) is 0 Å². The summed E-state index contributed by atoms with van der Waals surface area (Å²) in [6.45, 7) is 0. The molecule has 0 unspecified atom stereocenters. The highest BCUT2D eigenvalue weighted by molar-refractivity contribution is 5.90. The van der Waals surface area contributed by atoms with Gasteiger partial charge in [-0.3, -0.25) is 0 Å². The maximum Gasteiger partial charge on any atom is 0.165 e. The normalized spacial score (nSPS) is 10.2. The van der Waals surface area contributed by atoms with Crippen LogP contribution in [0.1, 0.15) is 0 Å². The first-order valence-electron chi connectivity index (χ1n) is 8.03. The van der Waals surface area contributed by atoms with Crippen molar-refractivity contribution in [2.24, 2.45) is 0 Å². The topological polar surface area (TPSA) is 80.9 Å². The Morgan fingerprint density at radius 1 is 0.462 bits per heavy atom. The van der Waals surface area contributed by atoms with E-state index in [2.05, 4.69) is 0 Å². The van der Waals surface area contributed by atoms with E-state index < -0.39 is 0 Å². The van der Waals surface area contributed by atoms with Gasteiger partial charge in [0, 0.05) is 5.39 Å². The quantitative estimate of drug-likeness (QED) is 0.365. The maximum atomic E-state index is 9.41. The molecule has 4 rings (SSSR count). The fraction of sp³-hybridized carbons (Fsp3) is 0. The molecule has 4 heteroatoms. The monoisotopic (exact) mass is 346 g/mol. The van der Waals surface area contributed by atoms with Crippen LogP contribution in [0, 0.1) is 0 Å². The van der Waals surface area contributed by atoms with Crippen molar-refractivity contribution in [3.8, 4) is 34.1 Å². The average molecular weight is 346 g/mol. The van der Waals surface area contributed by atoms with Gasteiger partial charge >= 0.3 is 0 Å². The number of aromatic hydroxyl groups is 4. The zero-order valence-corrected chi connectivity index (χ0v) is 13.9. The minimum Gasteiger partial charge on any atom is -0.508 e. The van der Waals surface area contributed by atoms with Crippen LogP contribution in [0.2, 0.25) is 0 Å². The van der Waals surface area contributed by atoms with Gasteiger partial charge in [-0.25, -0.2) is 0 Å². The van der Waals surface area contributed by atoms with E-state index in [1.807, 2.05) is 42.5 Å². The van der Waals surface area contributed by atoms with Crippen LogP contribution >= 0.6 is 0 Å². The van der Waals surface area contributed by atoms with Crippen molar-refractivity contribution in [1.29, 1.82) is 0 Å². The van der Waals surface area contributed by atoms with Gasteiger partial charge in [0.25, 0.3) is 0 Å². The Labute approximate surface area is 150 Å². The molecule has 0 heterocycles. The Hall–Kier alpha value is -3.66. The van der Waals surface area contributed by atoms with Crippen LogP contribution in [0.4, 0.5) is 0 Å². The van der Waals surface area contributed by atoms with Crippen molar-refractivity contribution in [3.63, 3.8) is 0 Å². The predicted octanol–water partition coefficient (Wildman–Crippen LogP) is 5.02. The first-order valence-corrected chi connectivity index (χ1v) is 8.03. The van der Waals surface area contributed by atoms with Gasteiger partial charge in [0.1, 0.15) is 11.5 Å². The molecule has 0 radical (unpaired) electrons. The van der Waals surface area contributed by atoms with Gasteiger partial charge in [0.05, 0.1) is 0 Å². The van der Waals surface area contributed by atoms with E-state index >= 15 is 0 Å². The summed E-state index contributed by atoms with van der Waals surface area (Å²) >= 11 is 0. The standard InChI is InChI=1S/C12H10O2.C10H8O2/c13-11-5-1-9(2-6-11)10-3-7-12(14)8-4-10;11-9-6-5-7-3-1-2-4-8(7)10(9)12/h1-8,13-14H;1-6,11-12H. The molecule has 26 heavy (non-hydrogen) atoms. The van der Waals surface area contributed by atoms with E-state index in [0.717, 1.165) is 16.5 Å². The molecular formula is C22H18O4. The zero-order chi connectivity index (χ0) is 18.5. The van der Waals surface area contributed by atoms with Crippen LogP contribution in [0.15, 0.2) is 84.9 Å². The molecule has 0 amide bonds. The molecule has 0 fully saturated rings. The van der Waals surface area contributed by atoms with E-state index in [4.69, 9.17) is 15.3 Å². The smallest absolute Gasteiger partial charge is 0.165 e. The molecule has 0 bridgehead atoms. The molecule has 0 saturated carbocycles. The number of phenolic OH excluding ortho intramolecular Hbond substituents is 4. The lowest BCUT2D eigenvalue weighted by Crippen LogP contribution is -1.75. The molecule has 4 aromatic carbocycles. The molecule has 0 aromatic heterocycles. The second-order valence-corrected chi connectivity index (χ2v) is 5.75. The number of rotatable bonds is 1. The first kappa shape index (κ1) is 17.2. The summed E-state index contributed by atoms with van der Waals surface area (Å²) in [5.74, 6) is 0.391. The van der Waals surface area contributed by atoms with Crippen molar-refractivity contribution in [2.45, 2.75) is 0 Å². The molecule has 0 aliphatic carbocycles. The largest absolute Gasteiger partial charge is 0.508 e. The van der Waals surface area contributed by atoms with Gasteiger partial charge < -0.3 is 20.4 Å². The highest BCUT2D eigenvalue weighted by atomic mass is 16.3. The van der Waals surface area contributed by atoms with Gasteiger partial charge in [-0.15, -0.1) is 0 Å². The summed E-state index contributed by atoms with van der Waals surface area (Å²) in [7, 11) is 0. The SMILES string of the molecule is Oc1ccc(-c2ccc(O)cc2)cc1.Oc1ccc2ccccc2c1O. The molecule has 130 valence electrons. The van der Waals surface area contributed by atoms with Gasteiger partial charge in [0.15, 0.2) is 11.5 Å². The summed E-state index contributed by atoms with van der Waals surface area (Å²) in [6.07, 6.45) is 0. The summed E-state index contributed by atoms with van der Waals surface area (Å²) in [5.41, 5.74) is 2.03. The number of fused-ring (bicyclic) bond motifs is 1. The van der Waals surface area contributed by atoms with Crippen molar-refractivity contribution in [3.05, 3.63) is 84.9 Å². The zero-order valence-electron chi connectivity index (χ0n) is 13.9. The van der Waals surface area contributed by atoms with Crippen LogP contribution < -0.4 is 0 Å². The molecule has 4 aromatic rings. The number of benzene rings is 4. The van der Waals surface area contributed by atoms with E-state index in [9.17, 15) is 5.11 Å². The molecule has 0 atom stereocenters. The summed E-state index contributed by atoms with van der Waals surface area (Å²) in [4.78, 5) is 0. The highest BCUT2D eigenvalue weighted by Crippen LogP contribution is 2.32. The Balaban J connectivity index is 0.000000152. The second-order valence-electron chi connectivity index (χ2n) is 5.75. The Bertz CT molecular complexity index is 963. The summed E-state index contributed by atoms with van der Waals surface area (Å²) in [5, 5.41) is 38.4. The van der Waals surface area contributed by atoms with Gasteiger partial charge in [0.2, 0.25) is 0 Å². The van der Waals surface area contributed by atoms with Crippen molar-refractivity contribution in [1.82, 2.24) is 0 Å². The van der Waals surface area contributed by atoms with Crippen molar-refractivity contribution in [2.75, 3.05) is 0 Å². The van der Waals surface area contributed by atoms with Crippen molar-refractivity contribution >= 4 is 10.8 Å². The van der Waals surface area contributed by atoms with Crippen molar-refractivity contribution < 1.29 is 20.4 Å². The first-order chi connectivity index (χ1) is 12.5. The van der Waals surface area contributed by atoms with Crippen LogP contribution in [0.5, 0.6) is 23.0 Å². The van der Waals surface area contributed by atoms with Gasteiger partial charge in [-0.05, 0) is 46.8 Å². The minimum absolute atomic E-state index is 0.0481. The third kappa shape index (κ3) is 3.87. The number of phenols is 4. The van der Waals surface area contributed by atoms with Crippen LogP contribution in [0.3, 0.4) is 0 Å². The number of hydrogen-bond donors (Lipinski definition) is 4. The molecule has 0 aliphatic rings. The third-order valence-electron chi connectivity index (χ3n) is 3.95. The predicted molar refractivity (Wildman–Crippen MR) is 102 cm³/mol. The molecule has 0 spiro atoms. The minimum atomic E-state index is -0.0753. The van der Waals surface area contributed by atoms with Gasteiger partial charge in [-0.2, -0.15) is 0 Å². The molecular weight excluding hydrogens is 328 g/mol. The van der Waals surface area contributed by atoms with E-state index in [1.54, 1.807) is 36.4 Å². The van der Waals surface area contributed by atoms with Crippen LogP contribution in [0.25, 0.3) is 21.9 Å². The maximum absolute atomic E-state index is 9.41. The highest BCUT2D eigenvalue weighted by Gasteiger charge is 2.02. The fourth-order valence-electron chi connectivity index (χ4n) is 2.55. The molecule has 4 nitrogen and oxygen atoms in total. The lowest BCUT2D eigenvalue weighted by Gasteiger charge is -2.01. The van der Waals surface area contributed by atoms with Gasteiger partial charge in [-0.1, -0.05) is 54.6 Å². The van der Waals surface area contributed by atoms with E-state index in [-0.39, 0.29) is 23.0 Å². The second kappa shape index (κ2) is 7.49. The van der Waals surface area contributed by atoms with E-state index in [1.165, 1.54) is 6.07 Å². The lowest BCUT2D eigenvalue weighted by molar-refractivity contribution is 0.408. The number of hydrogen-bond acceptors (Lipinski definition) is 4. The Morgan fingerprint density at radius 2 is 0.962 bits per heavy atom. The summed E-state index contributed by atoms with van der Waals surface area (Å²) < 4.78 is 0. The third-order valence-corrected chi connectivity index (χ3v) is 3.95. The van der Waals surface area contributed by atoms with Crippen LogP contribution in [-0.4, -0.2) is 20.4 Å². The molecule has 0 aliphatic heterocycles. The fourth-order valence-corrected chi connectivity index (χ4v) is 2.55. The Morgan fingerprint density at radius 3 is 1.50 bits per heavy atom. The van der Waals surface area contributed by atoms with E-state index in [0.29, 0.717) is 5.39 Å². The Kier molecular flexibility index (Phi) is 4.94. The summed E-state index contributed by atoms with van der Waals surface area (Å²) in [6, 6.07) is 24.5. The lowest BCUT2D eigenvalue weighted by atomic mass is 10.1. The molecule has 4 N–H and O–H groups in total. The average Bonchev–Trinajstić information content (AvgIpc) is 2.67. The molecule has 0 saturated heterocycles.